The van der Waals surface area contributed by atoms with Gasteiger partial charge in [0.05, 0.1) is 12.2 Å². The van der Waals surface area contributed by atoms with E-state index in [2.05, 4.69) is 43.8 Å². The molecule has 2 heterocycles. The standard InChI is InChI=1S/C32H47N3O2/c1-21-8-7-9-24(33-21)19-34(5)29(36)37-25-14-15-30(3)23(18-25)10-11-27-28-13-12-26-22(2)35(6)20-32(26,28)17-16-31(27,30)4/h7-10,22,25-28H,11-20H2,1-6H3/t22-,25-,26+,27-,28?,30-,31-,32-/m0/s1. The summed E-state index contributed by atoms with van der Waals surface area (Å²) >= 11 is 0. The van der Waals surface area contributed by atoms with E-state index < -0.39 is 0 Å². The van der Waals surface area contributed by atoms with Crippen LogP contribution in [-0.2, 0) is 11.3 Å². The van der Waals surface area contributed by atoms with Gasteiger partial charge in [0, 0.05) is 31.7 Å². The summed E-state index contributed by atoms with van der Waals surface area (Å²) in [6.07, 6.45) is 12.2. The fraction of sp³-hybridized carbons (Fsp3) is 0.750. The second-order valence-corrected chi connectivity index (χ2v) is 13.9. The predicted molar refractivity (Wildman–Crippen MR) is 147 cm³/mol. The number of rotatable bonds is 3. The zero-order valence-corrected chi connectivity index (χ0v) is 23.9. The number of hydrogen-bond donors (Lipinski definition) is 0. The number of carbonyl (C=O) groups is 1. The second-order valence-electron chi connectivity index (χ2n) is 13.9. The van der Waals surface area contributed by atoms with Crippen LogP contribution in [0.15, 0.2) is 29.8 Å². The molecule has 1 amide bonds. The molecule has 1 aromatic heterocycles. The van der Waals surface area contributed by atoms with Crippen LogP contribution in [0.3, 0.4) is 0 Å². The van der Waals surface area contributed by atoms with Crippen LogP contribution in [0.5, 0.6) is 0 Å². The largest absolute Gasteiger partial charge is 0.446 e. The summed E-state index contributed by atoms with van der Waals surface area (Å²) < 4.78 is 6.08. The molecule has 4 fully saturated rings. The summed E-state index contributed by atoms with van der Waals surface area (Å²) in [5.74, 6) is 2.57. The van der Waals surface area contributed by atoms with E-state index in [4.69, 9.17) is 4.74 Å². The minimum absolute atomic E-state index is 0.0185. The number of allylic oxidation sites excluding steroid dienone is 1. The molecule has 1 saturated heterocycles. The Labute approximate surface area is 224 Å². The Morgan fingerprint density at radius 2 is 1.92 bits per heavy atom. The summed E-state index contributed by atoms with van der Waals surface area (Å²) in [7, 11) is 4.18. The van der Waals surface area contributed by atoms with Gasteiger partial charge in [-0.2, -0.15) is 0 Å². The van der Waals surface area contributed by atoms with E-state index in [1.54, 1.807) is 10.5 Å². The van der Waals surface area contributed by atoms with Crippen molar-refractivity contribution in [3.8, 4) is 0 Å². The van der Waals surface area contributed by atoms with Gasteiger partial charge in [0.2, 0.25) is 0 Å². The lowest BCUT2D eigenvalue weighted by Gasteiger charge is -2.64. The third kappa shape index (κ3) is 3.73. The molecular weight excluding hydrogens is 458 g/mol. The first-order chi connectivity index (χ1) is 17.6. The van der Waals surface area contributed by atoms with Crippen molar-refractivity contribution in [3.05, 3.63) is 41.2 Å². The molecule has 5 aliphatic rings. The quantitative estimate of drug-likeness (QED) is 0.434. The van der Waals surface area contributed by atoms with Crippen molar-refractivity contribution in [2.24, 2.45) is 34.0 Å². The average Bonchev–Trinajstić information content (AvgIpc) is 3.33. The molecule has 1 unspecified atom stereocenters. The Morgan fingerprint density at radius 3 is 2.70 bits per heavy atom. The first-order valence-corrected chi connectivity index (χ1v) is 14.8. The Hall–Kier alpha value is -1.88. The normalized spacial score (nSPS) is 42.8. The lowest BCUT2D eigenvalue weighted by Crippen LogP contribution is -2.57. The van der Waals surface area contributed by atoms with Gasteiger partial charge in [0.15, 0.2) is 0 Å². The first kappa shape index (κ1) is 25.4. The lowest BCUT2D eigenvalue weighted by molar-refractivity contribution is -0.114. The molecule has 5 heteroatoms. The molecule has 4 aliphatic carbocycles. The summed E-state index contributed by atoms with van der Waals surface area (Å²) in [6.45, 7) is 11.5. The van der Waals surface area contributed by atoms with E-state index in [-0.39, 0.29) is 17.6 Å². The molecule has 1 spiro atoms. The van der Waals surface area contributed by atoms with Crippen molar-refractivity contribution in [1.29, 1.82) is 0 Å². The van der Waals surface area contributed by atoms with Crippen molar-refractivity contribution >= 4 is 6.09 Å². The van der Waals surface area contributed by atoms with Crippen LogP contribution in [0.1, 0.15) is 83.5 Å². The van der Waals surface area contributed by atoms with Gasteiger partial charge in [-0.05, 0) is 112 Å². The summed E-state index contributed by atoms with van der Waals surface area (Å²) in [4.78, 5) is 21.8. The van der Waals surface area contributed by atoms with Crippen molar-refractivity contribution in [3.63, 3.8) is 0 Å². The molecule has 202 valence electrons. The fourth-order valence-corrected chi connectivity index (χ4v) is 10.1. The number of fused-ring (bicyclic) bond motifs is 4. The van der Waals surface area contributed by atoms with E-state index in [1.807, 2.05) is 32.2 Å². The highest BCUT2D eigenvalue weighted by atomic mass is 16.6. The fourth-order valence-electron chi connectivity index (χ4n) is 10.1. The average molecular weight is 506 g/mol. The summed E-state index contributed by atoms with van der Waals surface area (Å²) in [5.41, 5.74) is 4.58. The highest BCUT2D eigenvalue weighted by Gasteiger charge is 2.67. The van der Waals surface area contributed by atoms with Gasteiger partial charge in [-0.1, -0.05) is 31.6 Å². The van der Waals surface area contributed by atoms with Gasteiger partial charge in [0.1, 0.15) is 6.10 Å². The number of amides is 1. The number of ether oxygens (including phenoxy) is 1. The first-order valence-electron chi connectivity index (χ1n) is 14.8. The van der Waals surface area contributed by atoms with E-state index in [1.165, 1.54) is 38.6 Å². The van der Waals surface area contributed by atoms with Crippen molar-refractivity contribution in [1.82, 2.24) is 14.8 Å². The number of aromatic nitrogens is 1. The lowest BCUT2D eigenvalue weighted by atomic mass is 9.40. The van der Waals surface area contributed by atoms with Crippen LogP contribution < -0.4 is 0 Å². The monoisotopic (exact) mass is 505 g/mol. The summed E-state index contributed by atoms with van der Waals surface area (Å²) in [5, 5.41) is 0. The SMILES string of the molecule is Cc1cccc(CN(C)C(=O)O[C@H]2CC[C@@]3(C)C(=CC[C@H]4C5CC[C@@H]6[C@H](C)N(C)C[C@]56CC[C@@]43C)C2)n1. The van der Waals surface area contributed by atoms with Gasteiger partial charge >= 0.3 is 6.09 Å². The van der Waals surface area contributed by atoms with Crippen LogP contribution in [0.2, 0.25) is 0 Å². The molecule has 3 saturated carbocycles. The van der Waals surface area contributed by atoms with Gasteiger partial charge in [0.25, 0.3) is 0 Å². The Bertz CT molecular complexity index is 1100. The zero-order valence-electron chi connectivity index (χ0n) is 23.9. The van der Waals surface area contributed by atoms with Gasteiger partial charge in [-0.3, -0.25) is 4.98 Å². The molecule has 0 bridgehead atoms. The number of likely N-dealkylation sites (tertiary alicyclic amines) is 1. The van der Waals surface area contributed by atoms with Crippen LogP contribution in [-0.4, -0.2) is 53.7 Å². The van der Waals surface area contributed by atoms with E-state index in [0.717, 1.165) is 54.4 Å². The maximum Gasteiger partial charge on any atom is 0.410 e. The highest BCUT2D eigenvalue weighted by molar-refractivity contribution is 5.67. The van der Waals surface area contributed by atoms with E-state index in [9.17, 15) is 4.79 Å². The summed E-state index contributed by atoms with van der Waals surface area (Å²) in [6, 6.07) is 6.68. The van der Waals surface area contributed by atoms with Crippen LogP contribution in [0.25, 0.3) is 0 Å². The van der Waals surface area contributed by atoms with Crippen molar-refractivity contribution < 1.29 is 9.53 Å². The zero-order chi connectivity index (χ0) is 26.2. The minimum atomic E-state index is -0.228. The number of nitrogens with zero attached hydrogens (tertiary/aromatic N) is 3. The number of hydrogen-bond acceptors (Lipinski definition) is 4. The number of aryl methyl sites for hydroxylation is 1. The minimum Gasteiger partial charge on any atom is -0.446 e. The van der Waals surface area contributed by atoms with E-state index >= 15 is 0 Å². The molecule has 37 heavy (non-hydrogen) atoms. The molecule has 0 N–H and O–H groups in total. The van der Waals surface area contributed by atoms with Crippen molar-refractivity contribution in [2.75, 3.05) is 20.6 Å². The highest BCUT2D eigenvalue weighted by Crippen LogP contribution is 2.73. The Balaban J connectivity index is 1.16. The maximum atomic E-state index is 13.0. The molecule has 8 atom stereocenters. The number of pyridine rings is 1. The Morgan fingerprint density at radius 1 is 1.14 bits per heavy atom. The third-order valence-corrected chi connectivity index (χ3v) is 12.4. The maximum absolute atomic E-state index is 13.0. The topological polar surface area (TPSA) is 45.7 Å². The molecule has 0 aromatic carbocycles. The molecule has 5 nitrogen and oxygen atoms in total. The van der Waals surface area contributed by atoms with Crippen LogP contribution in [0, 0.1) is 40.9 Å². The van der Waals surface area contributed by atoms with Gasteiger partial charge < -0.3 is 14.5 Å². The van der Waals surface area contributed by atoms with E-state index in [0.29, 0.717) is 17.4 Å². The third-order valence-electron chi connectivity index (χ3n) is 12.4. The smallest absolute Gasteiger partial charge is 0.410 e. The molecular formula is C32H47N3O2. The van der Waals surface area contributed by atoms with Crippen LogP contribution >= 0.6 is 0 Å². The number of carbonyl (C=O) groups excluding carboxylic acids is 1. The van der Waals surface area contributed by atoms with Gasteiger partial charge in [-0.25, -0.2) is 4.79 Å². The second kappa shape index (κ2) is 8.83. The van der Waals surface area contributed by atoms with Crippen molar-refractivity contribution in [2.45, 2.75) is 97.8 Å². The molecule has 0 radical (unpaired) electrons. The van der Waals surface area contributed by atoms with Gasteiger partial charge in [-0.15, -0.1) is 0 Å². The predicted octanol–water partition coefficient (Wildman–Crippen LogP) is 6.61. The molecule has 1 aromatic rings. The van der Waals surface area contributed by atoms with Crippen LogP contribution in [0.4, 0.5) is 4.79 Å². The molecule has 6 rings (SSSR count). The molecule has 1 aliphatic heterocycles. The Kier molecular flexibility index (Phi) is 6.06.